The van der Waals surface area contributed by atoms with Crippen molar-refractivity contribution in [1.29, 1.82) is 0 Å². The molecule has 2 heterocycles. The van der Waals surface area contributed by atoms with Gasteiger partial charge in [0.15, 0.2) is 18.1 Å². The first-order valence-corrected chi connectivity index (χ1v) is 8.57. The van der Waals surface area contributed by atoms with Gasteiger partial charge in [0.1, 0.15) is 11.5 Å². The summed E-state index contributed by atoms with van der Waals surface area (Å²) in [6.45, 7) is 1.02. The fourth-order valence-corrected chi connectivity index (χ4v) is 2.98. The van der Waals surface area contributed by atoms with Gasteiger partial charge in [-0.15, -0.1) is 0 Å². The summed E-state index contributed by atoms with van der Waals surface area (Å²) in [5.41, 5.74) is 1.14. The van der Waals surface area contributed by atoms with E-state index in [-0.39, 0.29) is 24.0 Å². The lowest BCUT2D eigenvalue weighted by molar-refractivity contribution is 0.0717. The molecule has 1 aromatic heterocycles. The zero-order chi connectivity index (χ0) is 18.8. The average Bonchev–Trinajstić information content (AvgIpc) is 3.11. The molecule has 0 saturated carbocycles. The molecule has 0 fully saturated rings. The summed E-state index contributed by atoms with van der Waals surface area (Å²) >= 11 is 0. The molecule has 0 unspecified atom stereocenters. The van der Waals surface area contributed by atoms with Gasteiger partial charge in [-0.05, 0) is 30.3 Å². The van der Waals surface area contributed by atoms with E-state index in [9.17, 15) is 15.0 Å². The zero-order valence-electron chi connectivity index (χ0n) is 14.5. The maximum absolute atomic E-state index is 12.6. The normalized spacial score (nSPS) is 13.3. The first-order chi connectivity index (χ1) is 13.1. The molecule has 0 atom stereocenters. The maximum Gasteiger partial charge on any atom is 0.254 e. The second-order valence-corrected chi connectivity index (χ2v) is 6.26. The van der Waals surface area contributed by atoms with Crippen LogP contribution in [0, 0.1) is 0 Å². The van der Waals surface area contributed by atoms with Gasteiger partial charge in [-0.2, -0.15) is 0 Å². The third kappa shape index (κ3) is 3.57. The number of benzene rings is 2. The summed E-state index contributed by atoms with van der Waals surface area (Å²) in [6.07, 6.45) is 0.583. The number of ether oxygens (including phenoxy) is 1. The Balaban J connectivity index is 1.44. The van der Waals surface area contributed by atoms with Crippen LogP contribution in [0.15, 0.2) is 52.9 Å². The number of fused-ring (bicyclic) bond motifs is 1. The van der Waals surface area contributed by atoms with E-state index in [0.29, 0.717) is 36.7 Å². The number of nitrogens with zero attached hydrogens (tertiary/aromatic N) is 2. The van der Waals surface area contributed by atoms with E-state index in [1.807, 2.05) is 30.3 Å². The summed E-state index contributed by atoms with van der Waals surface area (Å²) in [5, 5.41) is 19.0. The third-order valence-corrected chi connectivity index (χ3v) is 4.39. The van der Waals surface area contributed by atoms with Gasteiger partial charge in [0.05, 0.1) is 12.2 Å². The molecule has 1 aliphatic heterocycles. The molecule has 7 heteroatoms. The lowest BCUT2D eigenvalue weighted by Crippen LogP contribution is -2.35. The Labute approximate surface area is 155 Å². The highest BCUT2D eigenvalue weighted by Gasteiger charge is 2.26. The highest BCUT2D eigenvalue weighted by atomic mass is 16.5. The van der Waals surface area contributed by atoms with Gasteiger partial charge < -0.3 is 24.3 Å². The van der Waals surface area contributed by atoms with Crippen molar-refractivity contribution < 1.29 is 24.2 Å². The number of oxazole rings is 1. The molecule has 3 aromatic rings. The highest BCUT2D eigenvalue weighted by molar-refractivity contribution is 5.95. The molecule has 0 spiro atoms. The van der Waals surface area contributed by atoms with Gasteiger partial charge in [0.2, 0.25) is 5.89 Å². The third-order valence-electron chi connectivity index (χ3n) is 4.39. The number of phenols is 2. The molecule has 1 amide bonds. The van der Waals surface area contributed by atoms with Crippen molar-refractivity contribution in [2.45, 2.75) is 19.6 Å². The molecule has 27 heavy (non-hydrogen) atoms. The standard InChI is InChI=1S/C20H18N2O5/c23-16-7-6-13(10-17(16)24)20(25)22-9-8-15-18(11-22)27-19(21-15)12-26-14-4-2-1-3-5-14/h1-7,10,23-24H,8-9,11-12H2. The summed E-state index contributed by atoms with van der Waals surface area (Å²) in [5.74, 6) is 1.03. The van der Waals surface area contributed by atoms with Gasteiger partial charge >= 0.3 is 0 Å². The number of para-hydroxylation sites is 1. The molecule has 7 nitrogen and oxygen atoms in total. The molecule has 0 aliphatic carbocycles. The summed E-state index contributed by atoms with van der Waals surface area (Å²) < 4.78 is 11.4. The van der Waals surface area contributed by atoms with Gasteiger partial charge in [-0.25, -0.2) is 4.98 Å². The molecule has 0 radical (unpaired) electrons. The molecule has 0 bridgehead atoms. The van der Waals surface area contributed by atoms with Crippen LogP contribution >= 0.6 is 0 Å². The Morgan fingerprint density at radius 2 is 1.96 bits per heavy atom. The van der Waals surface area contributed by atoms with Crippen molar-refractivity contribution in [2.24, 2.45) is 0 Å². The highest BCUT2D eigenvalue weighted by Crippen LogP contribution is 2.27. The lowest BCUT2D eigenvalue weighted by Gasteiger charge is -2.25. The number of aromatic hydroxyl groups is 2. The van der Waals surface area contributed by atoms with E-state index in [1.165, 1.54) is 18.2 Å². The van der Waals surface area contributed by atoms with Crippen molar-refractivity contribution >= 4 is 5.91 Å². The number of carbonyl (C=O) groups excluding carboxylic acids is 1. The second-order valence-electron chi connectivity index (χ2n) is 6.26. The quantitative estimate of drug-likeness (QED) is 0.690. The monoisotopic (exact) mass is 366 g/mol. The molecular weight excluding hydrogens is 348 g/mol. The zero-order valence-corrected chi connectivity index (χ0v) is 14.5. The number of hydrogen-bond donors (Lipinski definition) is 2. The number of aromatic nitrogens is 1. The van der Waals surface area contributed by atoms with Crippen LogP contribution in [0.25, 0.3) is 0 Å². The Hall–Kier alpha value is -3.48. The second kappa shape index (κ2) is 7.03. The Morgan fingerprint density at radius 1 is 1.15 bits per heavy atom. The van der Waals surface area contributed by atoms with Crippen molar-refractivity contribution in [2.75, 3.05) is 6.54 Å². The van der Waals surface area contributed by atoms with Crippen LogP contribution in [0.4, 0.5) is 0 Å². The number of amides is 1. The van der Waals surface area contributed by atoms with Crippen LogP contribution in [0.1, 0.15) is 27.7 Å². The van der Waals surface area contributed by atoms with Crippen LogP contribution in [0.5, 0.6) is 17.2 Å². The van der Waals surface area contributed by atoms with Gasteiger partial charge in [-0.3, -0.25) is 4.79 Å². The molecule has 2 N–H and O–H groups in total. The summed E-state index contributed by atoms with van der Waals surface area (Å²) in [7, 11) is 0. The van der Waals surface area contributed by atoms with Crippen molar-refractivity contribution in [3.8, 4) is 17.2 Å². The number of hydrogen-bond acceptors (Lipinski definition) is 6. The van der Waals surface area contributed by atoms with E-state index in [1.54, 1.807) is 4.90 Å². The average molecular weight is 366 g/mol. The summed E-state index contributed by atoms with van der Waals surface area (Å²) in [4.78, 5) is 18.7. The first kappa shape index (κ1) is 17.0. The predicted octanol–water partition coefficient (Wildman–Crippen LogP) is 2.86. The fourth-order valence-electron chi connectivity index (χ4n) is 2.98. The number of carbonyl (C=O) groups is 1. The van der Waals surface area contributed by atoms with Crippen LogP contribution < -0.4 is 4.74 Å². The minimum atomic E-state index is -0.321. The van der Waals surface area contributed by atoms with E-state index in [4.69, 9.17) is 9.15 Å². The fraction of sp³-hybridized carbons (Fsp3) is 0.200. The summed E-state index contributed by atoms with van der Waals surface area (Å²) in [6, 6.07) is 13.4. The topological polar surface area (TPSA) is 96.0 Å². The number of phenolic OH excluding ortho intramolecular Hbond substituents is 2. The SMILES string of the molecule is O=C(c1ccc(O)c(O)c1)N1CCc2nc(COc3ccccc3)oc2C1. The van der Waals surface area contributed by atoms with Crippen molar-refractivity contribution in [3.63, 3.8) is 0 Å². The molecular formula is C20H18N2O5. The van der Waals surface area contributed by atoms with E-state index >= 15 is 0 Å². The van der Waals surface area contributed by atoms with Gasteiger partial charge in [0.25, 0.3) is 5.91 Å². The van der Waals surface area contributed by atoms with Crippen LogP contribution in [-0.4, -0.2) is 32.5 Å². The molecule has 4 rings (SSSR count). The Bertz CT molecular complexity index is 968. The van der Waals surface area contributed by atoms with E-state index in [2.05, 4.69) is 4.98 Å². The molecule has 0 saturated heterocycles. The van der Waals surface area contributed by atoms with Gasteiger partial charge in [-0.1, -0.05) is 18.2 Å². The van der Waals surface area contributed by atoms with E-state index < -0.39 is 0 Å². The molecule has 1 aliphatic rings. The Morgan fingerprint density at radius 3 is 2.74 bits per heavy atom. The lowest BCUT2D eigenvalue weighted by atomic mass is 10.1. The predicted molar refractivity (Wildman–Crippen MR) is 95.5 cm³/mol. The number of rotatable bonds is 4. The van der Waals surface area contributed by atoms with E-state index in [0.717, 1.165) is 11.4 Å². The smallest absolute Gasteiger partial charge is 0.254 e. The van der Waals surface area contributed by atoms with Crippen molar-refractivity contribution in [1.82, 2.24) is 9.88 Å². The largest absolute Gasteiger partial charge is 0.504 e. The van der Waals surface area contributed by atoms with Gasteiger partial charge in [0, 0.05) is 18.5 Å². The minimum absolute atomic E-state index is 0.219. The van der Waals surface area contributed by atoms with Crippen molar-refractivity contribution in [3.05, 3.63) is 71.4 Å². The molecule has 138 valence electrons. The first-order valence-electron chi connectivity index (χ1n) is 8.57. The van der Waals surface area contributed by atoms with Crippen LogP contribution in [-0.2, 0) is 19.6 Å². The van der Waals surface area contributed by atoms with Crippen LogP contribution in [0.3, 0.4) is 0 Å². The minimum Gasteiger partial charge on any atom is -0.504 e. The maximum atomic E-state index is 12.6. The molecule has 2 aromatic carbocycles. The Kier molecular flexibility index (Phi) is 4.42. The van der Waals surface area contributed by atoms with Crippen LogP contribution in [0.2, 0.25) is 0 Å².